The van der Waals surface area contributed by atoms with Crippen LogP contribution in [0.25, 0.3) is 0 Å². The normalized spacial score (nSPS) is 9.90. The molecule has 0 aliphatic carbocycles. The summed E-state index contributed by atoms with van der Waals surface area (Å²) < 4.78 is 4.93. The molecule has 0 spiro atoms. The third-order valence-corrected chi connectivity index (χ3v) is 4.37. The summed E-state index contributed by atoms with van der Waals surface area (Å²) in [5, 5.41) is 12.6. The quantitative estimate of drug-likeness (QED) is 0.244. The maximum Gasteiger partial charge on any atom is 0.407 e. The highest BCUT2D eigenvalue weighted by molar-refractivity contribution is 5.96. The van der Waals surface area contributed by atoms with Crippen molar-refractivity contribution in [1.82, 2.24) is 21.3 Å². The molecule has 0 saturated heterocycles. The van der Waals surface area contributed by atoms with Crippen molar-refractivity contribution >= 4 is 35.5 Å². The molecule has 0 saturated carbocycles. The number of amides is 6. The van der Waals surface area contributed by atoms with Crippen molar-refractivity contribution < 1.29 is 28.7 Å². The Morgan fingerprint density at radius 2 is 1.46 bits per heavy atom. The van der Waals surface area contributed by atoms with Gasteiger partial charge in [0, 0.05) is 25.7 Å². The summed E-state index contributed by atoms with van der Waals surface area (Å²) in [6, 6.07) is 5.63. The monoisotopic (exact) mass is 554 g/mol. The van der Waals surface area contributed by atoms with Gasteiger partial charge in [-0.15, -0.1) is 0 Å². The lowest BCUT2D eigenvalue weighted by Crippen LogP contribution is -2.50. The predicted molar refractivity (Wildman–Crippen MR) is 155 cm³/mol. The molecule has 0 fully saturated rings. The molecular weight excluding hydrogens is 504 g/mol. The molecule has 1 aromatic carbocycles. The van der Waals surface area contributed by atoms with Crippen LogP contribution in [-0.2, 0) is 25.7 Å². The van der Waals surface area contributed by atoms with E-state index in [1.165, 1.54) is 7.05 Å². The summed E-state index contributed by atoms with van der Waals surface area (Å²) in [7, 11) is 1.47. The van der Waals surface area contributed by atoms with Gasteiger partial charge in [-0.05, 0) is 30.0 Å². The van der Waals surface area contributed by atoms with Crippen LogP contribution in [0.3, 0.4) is 0 Å². The van der Waals surface area contributed by atoms with Crippen LogP contribution in [0.5, 0.6) is 0 Å². The first-order valence-electron chi connectivity index (χ1n) is 13.4. The maximum atomic E-state index is 12.2. The highest BCUT2D eigenvalue weighted by Gasteiger charge is 2.23. The van der Waals surface area contributed by atoms with Gasteiger partial charge in [0.25, 0.3) is 0 Å². The molecule has 1 aromatic rings. The number of nitrogens with two attached hydrogens (primary N) is 1. The van der Waals surface area contributed by atoms with Gasteiger partial charge in [0.15, 0.2) is 0 Å². The minimum atomic E-state index is -0.695. The Balaban J connectivity index is -0.00000100. The largest absolute Gasteiger partial charge is 0.445 e. The number of alkyl carbamates (subject to hydrolysis) is 1. The zero-order valence-electron chi connectivity index (χ0n) is 25.0. The van der Waals surface area contributed by atoms with Gasteiger partial charge in [0.1, 0.15) is 12.6 Å². The summed E-state index contributed by atoms with van der Waals surface area (Å²) in [5.41, 5.74) is 6.04. The standard InChI is InChI=1S/C19H28N4O5.C4H10N2O.2C2H6/c1-5-15(24)23-17(12(2)3)18(26)21-10-16(25)22-14-8-6-13(7-9-14)11-28-19(27)20-4;1-2-3-6-4(5)7;2*1-2/h6-9,12,17H,5,10-11H2,1-4H3,(H,20,27)(H,21,26)(H,22,25)(H,23,24);2-3H2,1H3,(H3,5,6,7);2*1-2H3. The molecule has 1 rings (SSSR count). The number of primary amides is 1. The lowest BCUT2D eigenvalue weighted by molar-refractivity contribution is -0.130. The van der Waals surface area contributed by atoms with E-state index in [0.717, 1.165) is 12.0 Å². The Morgan fingerprint density at radius 1 is 0.897 bits per heavy atom. The van der Waals surface area contributed by atoms with Gasteiger partial charge in [-0.1, -0.05) is 67.5 Å². The van der Waals surface area contributed by atoms with Crippen molar-refractivity contribution in [1.29, 1.82) is 0 Å². The molecule has 0 heterocycles. The lowest BCUT2D eigenvalue weighted by atomic mass is 10.0. The molecule has 0 bridgehead atoms. The second-order valence-electron chi connectivity index (χ2n) is 7.72. The minimum absolute atomic E-state index is 0.108. The molecule has 7 N–H and O–H groups in total. The number of hydrogen-bond acceptors (Lipinski definition) is 6. The summed E-state index contributed by atoms with van der Waals surface area (Å²) >= 11 is 0. The molecular formula is C27H50N6O6. The zero-order valence-corrected chi connectivity index (χ0v) is 25.0. The minimum Gasteiger partial charge on any atom is -0.445 e. The van der Waals surface area contributed by atoms with Gasteiger partial charge in [0.05, 0.1) is 6.54 Å². The number of benzene rings is 1. The summed E-state index contributed by atoms with van der Waals surface area (Å²) in [5.74, 6) is -1.14. The van der Waals surface area contributed by atoms with Crippen LogP contribution in [0, 0.1) is 5.92 Å². The van der Waals surface area contributed by atoms with Crippen LogP contribution in [-0.4, -0.2) is 56.0 Å². The Hall–Kier alpha value is -3.83. The number of rotatable bonds is 11. The molecule has 224 valence electrons. The van der Waals surface area contributed by atoms with Gasteiger partial charge in [0.2, 0.25) is 17.7 Å². The van der Waals surface area contributed by atoms with Crippen LogP contribution in [0.4, 0.5) is 15.3 Å². The predicted octanol–water partition coefficient (Wildman–Crippen LogP) is 3.27. The molecule has 0 aromatic heterocycles. The first kappa shape index (κ1) is 39.7. The SMILES string of the molecule is CC.CC.CCC(=O)NC(C(=O)NCC(=O)Nc1ccc(COC(=O)NC)cc1)C(C)C.CCCNC(N)=O. The van der Waals surface area contributed by atoms with E-state index < -0.39 is 30.0 Å². The van der Waals surface area contributed by atoms with Crippen LogP contribution in [0.1, 0.15) is 73.8 Å². The Kier molecular flexibility index (Phi) is 26.3. The van der Waals surface area contributed by atoms with Crippen molar-refractivity contribution in [2.75, 3.05) is 25.5 Å². The van der Waals surface area contributed by atoms with E-state index in [1.54, 1.807) is 31.2 Å². The molecule has 0 radical (unpaired) electrons. The van der Waals surface area contributed by atoms with Crippen LogP contribution in [0.15, 0.2) is 24.3 Å². The number of carbonyl (C=O) groups excluding carboxylic acids is 5. The van der Waals surface area contributed by atoms with E-state index in [-0.39, 0.29) is 31.4 Å². The maximum absolute atomic E-state index is 12.2. The third kappa shape index (κ3) is 21.9. The fourth-order valence-electron chi connectivity index (χ4n) is 2.45. The molecule has 6 amide bonds. The van der Waals surface area contributed by atoms with Crippen LogP contribution < -0.4 is 32.3 Å². The Morgan fingerprint density at radius 3 is 1.87 bits per heavy atom. The van der Waals surface area contributed by atoms with Gasteiger partial charge < -0.3 is 37.1 Å². The first-order valence-corrected chi connectivity index (χ1v) is 13.4. The van der Waals surface area contributed by atoms with Crippen molar-refractivity contribution in [2.45, 2.75) is 80.9 Å². The molecule has 1 unspecified atom stereocenters. The molecule has 1 atom stereocenters. The van der Waals surface area contributed by atoms with Crippen molar-refractivity contribution in [3.05, 3.63) is 29.8 Å². The summed E-state index contributed by atoms with van der Waals surface area (Å²) in [4.78, 5) is 56.7. The summed E-state index contributed by atoms with van der Waals surface area (Å²) in [6.07, 6.45) is 0.687. The highest BCUT2D eigenvalue weighted by atomic mass is 16.5. The zero-order chi connectivity index (χ0) is 30.8. The second-order valence-corrected chi connectivity index (χ2v) is 7.72. The lowest BCUT2D eigenvalue weighted by Gasteiger charge is -2.21. The van der Waals surface area contributed by atoms with Gasteiger partial charge in [-0.3, -0.25) is 14.4 Å². The molecule has 39 heavy (non-hydrogen) atoms. The van der Waals surface area contributed by atoms with E-state index in [1.807, 2.05) is 48.5 Å². The van der Waals surface area contributed by atoms with E-state index >= 15 is 0 Å². The smallest absolute Gasteiger partial charge is 0.407 e. The summed E-state index contributed by atoms with van der Waals surface area (Å²) in [6.45, 7) is 15.9. The molecule has 12 nitrogen and oxygen atoms in total. The first-order chi connectivity index (χ1) is 18.5. The van der Waals surface area contributed by atoms with Crippen molar-refractivity contribution in [2.24, 2.45) is 11.7 Å². The third-order valence-electron chi connectivity index (χ3n) is 4.37. The fourth-order valence-corrected chi connectivity index (χ4v) is 2.45. The Bertz CT molecular complexity index is 831. The average molecular weight is 555 g/mol. The van der Waals surface area contributed by atoms with E-state index in [2.05, 4.69) is 26.6 Å². The van der Waals surface area contributed by atoms with Crippen LogP contribution in [0.2, 0.25) is 0 Å². The van der Waals surface area contributed by atoms with Gasteiger partial charge >= 0.3 is 12.1 Å². The van der Waals surface area contributed by atoms with Crippen molar-refractivity contribution in [3.63, 3.8) is 0 Å². The molecule has 0 aliphatic rings. The average Bonchev–Trinajstić information content (AvgIpc) is 2.95. The van der Waals surface area contributed by atoms with E-state index in [4.69, 9.17) is 10.5 Å². The molecule has 0 aliphatic heterocycles. The van der Waals surface area contributed by atoms with Crippen LogP contribution >= 0.6 is 0 Å². The fraction of sp³-hybridized carbons (Fsp3) is 0.593. The van der Waals surface area contributed by atoms with Crippen molar-refractivity contribution in [3.8, 4) is 0 Å². The second kappa shape index (κ2) is 25.8. The number of carbonyl (C=O) groups is 5. The highest BCUT2D eigenvalue weighted by Crippen LogP contribution is 2.10. The number of hydrogen-bond donors (Lipinski definition) is 6. The number of ether oxygens (including phenoxy) is 1. The topological polar surface area (TPSA) is 181 Å². The molecule has 12 heteroatoms. The number of urea groups is 1. The number of nitrogens with one attached hydrogen (secondary N) is 5. The number of anilines is 1. The van der Waals surface area contributed by atoms with E-state index in [9.17, 15) is 24.0 Å². The van der Waals surface area contributed by atoms with E-state index in [0.29, 0.717) is 12.2 Å². The van der Waals surface area contributed by atoms with Gasteiger partial charge in [-0.2, -0.15) is 0 Å². The van der Waals surface area contributed by atoms with Gasteiger partial charge in [-0.25, -0.2) is 9.59 Å². The Labute approximate surface area is 233 Å².